The van der Waals surface area contributed by atoms with Crippen molar-refractivity contribution in [2.24, 2.45) is 0 Å². The lowest BCUT2D eigenvalue weighted by molar-refractivity contribution is 0.304. The lowest BCUT2D eigenvalue weighted by atomic mass is 10.3. The molecule has 6 nitrogen and oxygen atoms in total. The van der Waals surface area contributed by atoms with Gasteiger partial charge in [0.1, 0.15) is 11.6 Å². The maximum atomic E-state index is 11.1. The monoisotopic (exact) mass is 257 g/mol. The molecule has 1 aliphatic rings. The number of hydrogen-bond donors (Lipinski definition) is 2. The fourth-order valence-electron chi connectivity index (χ4n) is 1.33. The van der Waals surface area contributed by atoms with Crippen LogP contribution in [0.4, 0.5) is 11.5 Å². The first-order valence-electron chi connectivity index (χ1n) is 5.30. The maximum absolute atomic E-state index is 11.1. The molecule has 0 spiro atoms. The van der Waals surface area contributed by atoms with E-state index in [2.05, 4.69) is 15.0 Å². The number of nitrogens with one attached hydrogen (secondary N) is 2. The summed E-state index contributed by atoms with van der Waals surface area (Å²) in [5.41, 5.74) is 0.746. The van der Waals surface area contributed by atoms with Crippen molar-refractivity contribution in [1.82, 2.24) is 4.98 Å². The zero-order chi connectivity index (χ0) is 12.5. The van der Waals surface area contributed by atoms with Gasteiger partial charge in [0.05, 0.1) is 24.2 Å². The summed E-state index contributed by atoms with van der Waals surface area (Å²) in [5, 5.41) is 2.95. The number of pyridine rings is 1. The second-order valence-corrected chi connectivity index (χ2v) is 5.76. The third-order valence-corrected chi connectivity index (χ3v) is 2.82. The number of ether oxygens (including phenoxy) is 1. The fraction of sp³-hybridized carbons (Fsp3) is 0.500. The van der Waals surface area contributed by atoms with Crippen LogP contribution in [0, 0.1) is 0 Å². The Balaban J connectivity index is 2.23. The van der Waals surface area contributed by atoms with Crippen molar-refractivity contribution in [1.29, 1.82) is 0 Å². The SMILES string of the molecule is CNc1cnc(NS(C)(=O)=O)cc1OC1CC1. The van der Waals surface area contributed by atoms with Crippen molar-refractivity contribution in [2.75, 3.05) is 23.3 Å². The topological polar surface area (TPSA) is 80.3 Å². The van der Waals surface area contributed by atoms with Crippen LogP contribution >= 0.6 is 0 Å². The molecule has 1 aliphatic carbocycles. The average molecular weight is 257 g/mol. The number of anilines is 2. The van der Waals surface area contributed by atoms with Gasteiger partial charge in [-0.05, 0) is 12.8 Å². The molecular formula is C10H15N3O3S. The van der Waals surface area contributed by atoms with E-state index < -0.39 is 10.0 Å². The van der Waals surface area contributed by atoms with Crippen LogP contribution in [0.5, 0.6) is 5.75 Å². The van der Waals surface area contributed by atoms with Gasteiger partial charge in [0.25, 0.3) is 0 Å². The summed E-state index contributed by atoms with van der Waals surface area (Å²) in [6.07, 6.45) is 4.96. The summed E-state index contributed by atoms with van der Waals surface area (Å²) in [4.78, 5) is 3.99. The smallest absolute Gasteiger partial charge is 0.230 e. The minimum atomic E-state index is -3.31. The van der Waals surface area contributed by atoms with E-state index in [1.54, 1.807) is 19.3 Å². The molecule has 1 saturated carbocycles. The molecule has 1 fully saturated rings. The maximum Gasteiger partial charge on any atom is 0.230 e. The second kappa shape index (κ2) is 4.40. The van der Waals surface area contributed by atoms with E-state index in [4.69, 9.17) is 4.74 Å². The summed E-state index contributed by atoms with van der Waals surface area (Å²) in [6, 6.07) is 1.59. The lowest BCUT2D eigenvalue weighted by Gasteiger charge is -2.12. The summed E-state index contributed by atoms with van der Waals surface area (Å²) in [7, 11) is -1.55. The number of rotatable bonds is 5. The molecule has 0 aromatic carbocycles. The quantitative estimate of drug-likeness (QED) is 0.823. The third kappa shape index (κ3) is 3.48. The molecule has 1 heterocycles. The average Bonchev–Trinajstić information content (AvgIpc) is 3.00. The molecule has 1 aromatic rings. The molecule has 0 bridgehead atoms. The molecule has 2 rings (SSSR count). The largest absolute Gasteiger partial charge is 0.488 e. The van der Waals surface area contributed by atoms with Crippen LogP contribution in [0.25, 0.3) is 0 Å². The number of sulfonamides is 1. The molecule has 0 saturated heterocycles. The predicted molar refractivity (Wildman–Crippen MR) is 65.9 cm³/mol. The lowest BCUT2D eigenvalue weighted by Crippen LogP contribution is -2.11. The highest BCUT2D eigenvalue weighted by Gasteiger charge is 2.25. The molecule has 0 amide bonds. The Kier molecular flexibility index (Phi) is 3.10. The van der Waals surface area contributed by atoms with Crippen LogP contribution in [0.2, 0.25) is 0 Å². The standard InChI is InChI=1S/C10H15N3O3S/c1-11-8-6-12-10(13-17(2,14)15)5-9(8)16-7-3-4-7/h5-7,11H,3-4H2,1-2H3,(H,12,13). The number of hydrogen-bond acceptors (Lipinski definition) is 5. The van der Waals surface area contributed by atoms with Crippen molar-refractivity contribution in [3.63, 3.8) is 0 Å². The van der Waals surface area contributed by atoms with E-state index in [0.29, 0.717) is 5.75 Å². The molecule has 0 radical (unpaired) electrons. The summed E-state index contributed by atoms with van der Waals surface area (Å²) in [5.74, 6) is 0.887. The molecule has 2 N–H and O–H groups in total. The first-order chi connectivity index (χ1) is 7.98. The normalized spacial score (nSPS) is 15.4. The Morgan fingerprint density at radius 3 is 2.71 bits per heavy atom. The van der Waals surface area contributed by atoms with Gasteiger partial charge in [0, 0.05) is 13.1 Å². The summed E-state index contributed by atoms with van der Waals surface area (Å²) < 4.78 is 30.2. The predicted octanol–water partition coefficient (Wildman–Crippen LogP) is 1.04. The zero-order valence-electron chi connectivity index (χ0n) is 9.73. The molecule has 17 heavy (non-hydrogen) atoms. The van der Waals surface area contributed by atoms with Crippen LogP contribution < -0.4 is 14.8 Å². The molecule has 1 aromatic heterocycles. The van der Waals surface area contributed by atoms with Crippen LogP contribution in [-0.2, 0) is 10.0 Å². The molecule has 0 aliphatic heterocycles. The van der Waals surface area contributed by atoms with Crippen molar-refractivity contribution < 1.29 is 13.2 Å². The van der Waals surface area contributed by atoms with Gasteiger partial charge in [-0.3, -0.25) is 4.72 Å². The Bertz CT molecular complexity index is 512. The van der Waals surface area contributed by atoms with Crippen molar-refractivity contribution in [3.8, 4) is 5.75 Å². The van der Waals surface area contributed by atoms with Crippen molar-refractivity contribution in [3.05, 3.63) is 12.3 Å². The highest BCUT2D eigenvalue weighted by molar-refractivity contribution is 7.92. The van der Waals surface area contributed by atoms with E-state index in [1.807, 2.05) is 0 Å². The van der Waals surface area contributed by atoms with Gasteiger partial charge in [-0.2, -0.15) is 0 Å². The number of aromatic nitrogens is 1. The van der Waals surface area contributed by atoms with Gasteiger partial charge in [0.15, 0.2) is 0 Å². The zero-order valence-corrected chi connectivity index (χ0v) is 10.5. The molecule has 7 heteroatoms. The Labute approximate surface area is 100 Å². The third-order valence-electron chi connectivity index (χ3n) is 2.24. The first kappa shape index (κ1) is 12.0. The van der Waals surface area contributed by atoms with Crippen molar-refractivity contribution in [2.45, 2.75) is 18.9 Å². The van der Waals surface area contributed by atoms with Gasteiger partial charge >= 0.3 is 0 Å². The highest BCUT2D eigenvalue weighted by Crippen LogP contribution is 2.32. The van der Waals surface area contributed by atoms with Crippen LogP contribution in [-0.4, -0.2) is 32.8 Å². The molecular weight excluding hydrogens is 242 g/mol. The van der Waals surface area contributed by atoms with Gasteiger partial charge in [-0.25, -0.2) is 13.4 Å². The minimum absolute atomic E-state index is 0.246. The van der Waals surface area contributed by atoms with Crippen LogP contribution in [0.15, 0.2) is 12.3 Å². The van der Waals surface area contributed by atoms with Crippen molar-refractivity contribution >= 4 is 21.5 Å². The van der Waals surface area contributed by atoms with Crippen LogP contribution in [0.3, 0.4) is 0 Å². The van der Waals surface area contributed by atoms with E-state index >= 15 is 0 Å². The highest BCUT2D eigenvalue weighted by atomic mass is 32.2. The van der Waals surface area contributed by atoms with E-state index in [9.17, 15) is 8.42 Å². The molecule has 0 atom stereocenters. The fourth-order valence-corrected chi connectivity index (χ4v) is 1.82. The summed E-state index contributed by atoms with van der Waals surface area (Å²) in [6.45, 7) is 0. The Morgan fingerprint density at radius 1 is 1.47 bits per heavy atom. The van der Waals surface area contributed by atoms with Gasteiger partial charge in [-0.1, -0.05) is 0 Å². The van der Waals surface area contributed by atoms with Gasteiger partial charge in [-0.15, -0.1) is 0 Å². The van der Waals surface area contributed by atoms with E-state index in [-0.39, 0.29) is 11.9 Å². The molecule has 0 unspecified atom stereocenters. The Hall–Kier alpha value is -1.50. The van der Waals surface area contributed by atoms with Gasteiger partial charge in [0.2, 0.25) is 10.0 Å². The van der Waals surface area contributed by atoms with Crippen LogP contribution in [0.1, 0.15) is 12.8 Å². The Morgan fingerprint density at radius 2 is 2.18 bits per heavy atom. The number of nitrogens with zero attached hydrogens (tertiary/aromatic N) is 1. The second-order valence-electron chi connectivity index (χ2n) is 4.01. The first-order valence-corrected chi connectivity index (χ1v) is 7.19. The van der Waals surface area contributed by atoms with Gasteiger partial charge < -0.3 is 10.1 Å². The minimum Gasteiger partial charge on any atom is -0.488 e. The van der Waals surface area contributed by atoms with E-state index in [1.165, 1.54) is 0 Å². The molecule has 94 valence electrons. The summed E-state index contributed by atoms with van der Waals surface area (Å²) >= 11 is 0. The van der Waals surface area contributed by atoms with E-state index in [0.717, 1.165) is 24.8 Å².